The SMILES string of the molecule is [CH2]CC(O[SiH3])(O[SiH3])O[SiH3]. The normalized spacial score (nSPS) is 18.3. The Kier molecular flexibility index (Phi) is 4.62. The lowest BCUT2D eigenvalue weighted by molar-refractivity contribution is -0.246. The molecule has 9 heavy (non-hydrogen) atoms. The summed E-state index contributed by atoms with van der Waals surface area (Å²) in [7, 11) is 1.89. The molecular weight excluding hydrogens is 168 g/mol. The minimum Gasteiger partial charge on any atom is -0.382 e. The summed E-state index contributed by atoms with van der Waals surface area (Å²) in [5.41, 5.74) is 0. The van der Waals surface area contributed by atoms with Crippen molar-refractivity contribution in [3.05, 3.63) is 6.92 Å². The average molecular weight is 181 g/mol. The molecule has 0 unspecified atom stereocenters. The molecule has 1 radical (unpaired) electrons. The quantitative estimate of drug-likeness (QED) is 0.337. The van der Waals surface area contributed by atoms with Crippen LogP contribution < -0.4 is 0 Å². The van der Waals surface area contributed by atoms with Gasteiger partial charge in [-0.05, 0) is 6.92 Å². The third-order valence-corrected chi connectivity index (χ3v) is 3.11. The van der Waals surface area contributed by atoms with Crippen molar-refractivity contribution in [1.82, 2.24) is 0 Å². The first-order valence-electron chi connectivity index (χ1n) is 2.69. The number of rotatable bonds is 4. The molecule has 0 aliphatic carbocycles. The van der Waals surface area contributed by atoms with Crippen molar-refractivity contribution < 1.29 is 13.3 Å². The zero-order valence-corrected chi connectivity index (χ0v) is 12.1. The maximum absolute atomic E-state index is 5.09. The lowest BCUT2D eigenvalue weighted by Gasteiger charge is -2.29. The van der Waals surface area contributed by atoms with Crippen LogP contribution in [0.3, 0.4) is 0 Å². The Bertz CT molecular complexity index is 57.2. The van der Waals surface area contributed by atoms with Crippen LogP contribution in [0.4, 0.5) is 0 Å². The Morgan fingerprint density at radius 1 is 1.11 bits per heavy atom. The molecule has 0 spiro atoms. The Hall–Kier alpha value is 0.531. The van der Waals surface area contributed by atoms with E-state index in [2.05, 4.69) is 6.92 Å². The van der Waals surface area contributed by atoms with Gasteiger partial charge in [0.1, 0.15) is 0 Å². The predicted molar refractivity (Wildman–Crippen MR) is 45.8 cm³/mol. The first-order chi connectivity index (χ1) is 4.24. The van der Waals surface area contributed by atoms with Gasteiger partial charge in [-0.3, -0.25) is 0 Å². The van der Waals surface area contributed by atoms with E-state index in [-0.39, 0.29) is 0 Å². The van der Waals surface area contributed by atoms with Crippen molar-refractivity contribution >= 4 is 31.5 Å². The Labute approximate surface area is 64.7 Å². The van der Waals surface area contributed by atoms with E-state index in [1.54, 1.807) is 0 Å². The van der Waals surface area contributed by atoms with E-state index in [9.17, 15) is 0 Å². The van der Waals surface area contributed by atoms with Gasteiger partial charge in [0, 0.05) is 6.42 Å². The summed E-state index contributed by atoms with van der Waals surface area (Å²) in [5, 5.41) is 0. The van der Waals surface area contributed by atoms with Gasteiger partial charge < -0.3 is 13.3 Å². The molecule has 3 nitrogen and oxygen atoms in total. The van der Waals surface area contributed by atoms with Crippen LogP contribution in [0, 0.1) is 6.92 Å². The molecule has 0 bridgehead atoms. The molecule has 0 rings (SSSR count). The summed E-state index contributed by atoms with van der Waals surface area (Å²) in [5.74, 6) is -0.759. The molecule has 0 fully saturated rings. The smallest absolute Gasteiger partial charge is 0.251 e. The van der Waals surface area contributed by atoms with E-state index in [0.29, 0.717) is 37.9 Å². The maximum Gasteiger partial charge on any atom is 0.251 e. The van der Waals surface area contributed by atoms with Crippen LogP contribution in [0.25, 0.3) is 0 Å². The molecule has 0 heterocycles. The van der Waals surface area contributed by atoms with Crippen LogP contribution >= 0.6 is 0 Å². The first kappa shape index (κ1) is 9.53. The minimum atomic E-state index is -0.759. The second kappa shape index (κ2) is 4.36. The van der Waals surface area contributed by atoms with Crippen LogP contribution in [-0.4, -0.2) is 37.4 Å². The van der Waals surface area contributed by atoms with Gasteiger partial charge in [-0.15, -0.1) is 0 Å². The van der Waals surface area contributed by atoms with Crippen molar-refractivity contribution in [2.24, 2.45) is 0 Å². The fourth-order valence-corrected chi connectivity index (χ4v) is 3.17. The molecule has 0 N–H and O–H groups in total. The van der Waals surface area contributed by atoms with E-state index in [4.69, 9.17) is 13.3 Å². The van der Waals surface area contributed by atoms with Crippen molar-refractivity contribution in [2.75, 3.05) is 0 Å². The zero-order chi connectivity index (χ0) is 7.33. The topological polar surface area (TPSA) is 27.7 Å². The predicted octanol–water partition coefficient (Wildman–Crippen LogP) is -3.24. The molecule has 0 aromatic carbocycles. The third kappa shape index (κ3) is 2.32. The Morgan fingerprint density at radius 3 is 1.44 bits per heavy atom. The average Bonchev–Trinajstić information content (AvgIpc) is 1.95. The van der Waals surface area contributed by atoms with E-state index in [1.807, 2.05) is 0 Å². The Morgan fingerprint density at radius 2 is 1.44 bits per heavy atom. The van der Waals surface area contributed by atoms with Crippen molar-refractivity contribution in [3.63, 3.8) is 0 Å². The highest BCUT2D eigenvalue weighted by Crippen LogP contribution is 2.13. The molecule has 0 amide bonds. The van der Waals surface area contributed by atoms with Gasteiger partial charge in [0.2, 0.25) is 0 Å². The number of hydrogen-bond acceptors (Lipinski definition) is 3. The molecule has 0 aliphatic heterocycles. The molecular formula is C3H13O3Si3. The van der Waals surface area contributed by atoms with Gasteiger partial charge >= 0.3 is 0 Å². The van der Waals surface area contributed by atoms with Gasteiger partial charge in [0.25, 0.3) is 5.97 Å². The Balaban J connectivity index is 3.82. The molecule has 0 saturated carbocycles. The summed E-state index contributed by atoms with van der Waals surface area (Å²) in [4.78, 5) is 0. The summed E-state index contributed by atoms with van der Waals surface area (Å²) >= 11 is 0. The third-order valence-electron chi connectivity index (χ3n) is 1.24. The highest BCUT2D eigenvalue weighted by Gasteiger charge is 2.23. The van der Waals surface area contributed by atoms with E-state index < -0.39 is 5.97 Å². The van der Waals surface area contributed by atoms with E-state index in [1.165, 1.54) is 0 Å². The van der Waals surface area contributed by atoms with Crippen LogP contribution in [0.5, 0.6) is 0 Å². The molecule has 0 aromatic heterocycles. The summed E-state index contributed by atoms with van der Waals surface area (Å²) in [6.07, 6.45) is 0.531. The summed E-state index contributed by atoms with van der Waals surface area (Å²) < 4.78 is 15.3. The largest absolute Gasteiger partial charge is 0.382 e. The first-order valence-corrected chi connectivity index (χ1v) is 5.14. The van der Waals surface area contributed by atoms with Crippen LogP contribution in [0.1, 0.15) is 6.42 Å². The van der Waals surface area contributed by atoms with Crippen LogP contribution in [0.15, 0.2) is 0 Å². The molecule has 0 atom stereocenters. The lowest BCUT2D eigenvalue weighted by Crippen LogP contribution is -2.36. The monoisotopic (exact) mass is 181 g/mol. The summed E-state index contributed by atoms with van der Waals surface area (Å²) in [6.45, 7) is 3.66. The molecule has 55 valence electrons. The number of hydrogen-bond donors (Lipinski definition) is 0. The molecule has 0 aliphatic rings. The molecule has 0 aromatic rings. The minimum absolute atomic E-state index is 0.531. The second-order valence-corrected chi connectivity index (χ2v) is 2.77. The molecule has 0 saturated heterocycles. The lowest BCUT2D eigenvalue weighted by atomic mass is 10.4. The van der Waals surface area contributed by atoms with Crippen LogP contribution in [-0.2, 0) is 13.3 Å². The summed E-state index contributed by atoms with van der Waals surface area (Å²) in [6, 6.07) is 0. The van der Waals surface area contributed by atoms with Crippen LogP contribution in [0.2, 0.25) is 0 Å². The van der Waals surface area contributed by atoms with Gasteiger partial charge in [0.15, 0.2) is 31.5 Å². The van der Waals surface area contributed by atoms with Gasteiger partial charge in [-0.2, -0.15) is 0 Å². The van der Waals surface area contributed by atoms with Gasteiger partial charge in [-0.1, -0.05) is 0 Å². The second-order valence-electron chi connectivity index (χ2n) is 1.55. The highest BCUT2D eigenvalue weighted by molar-refractivity contribution is 6.01. The fourth-order valence-electron chi connectivity index (χ4n) is 0.556. The van der Waals surface area contributed by atoms with Crippen molar-refractivity contribution in [2.45, 2.75) is 12.4 Å². The van der Waals surface area contributed by atoms with E-state index in [0.717, 1.165) is 0 Å². The van der Waals surface area contributed by atoms with Crippen molar-refractivity contribution in [3.8, 4) is 0 Å². The molecule has 6 heteroatoms. The van der Waals surface area contributed by atoms with Crippen molar-refractivity contribution in [1.29, 1.82) is 0 Å². The van der Waals surface area contributed by atoms with E-state index >= 15 is 0 Å². The van der Waals surface area contributed by atoms with Gasteiger partial charge in [0.05, 0.1) is 0 Å². The standard InChI is InChI=1S/C3H13O3Si3/c1-2-3(4-7,5-8)6-9/h1-2H2,7-9H3. The zero-order valence-electron chi connectivity index (χ0n) is 6.14. The highest BCUT2D eigenvalue weighted by atomic mass is 28.2. The fraction of sp³-hybridized carbons (Fsp3) is 0.667. The maximum atomic E-state index is 5.09. The van der Waals surface area contributed by atoms with Gasteiger partial charge in [-0.25, -0.2) is 0 Å².